The Morgan fingerprint density at radius 1 is 1.12 bits per heavy atom. The molecule has 0 fully saturated rings. The Morgan fingerprint density at radius 3 is 2.12 bits per heavy atom. The van der Waals surface area contributed by atoms with E-state index in [1.54, 1.807) is 6.92 Å². The van der Waals surface area contributed by atoms with Crippen LogP contribution in [0.5, 0.6) is 5.75 Å². The summed E-state index contributed by atoms with van der Waals surface area (Å²) in [5.41, 5.74) is 0.337. The fourth-order valence-corrected chi connectivity index (χ4v) is 1.43. The number of hydrogen-bond acceptors (Lipinski definition) is 2. The van der Waals surface area contributed by atoms with Gasteiger partial charge in [0.1, 0.15) is 5.75 Å². The van der Waals surface area contributed by atoms with Gasteiger partial charge in [-0.1, -0.05) is 19.1 Å². The van der Waals surface area contributed by atoms with Gasteiger partial charge in [-0.25, -0.2) is 8.78 Å². The van der Waals surface area contributed by atoms with Crippen molar-refractivity contribution in [3.8, 4) is 5.75 Å². The van der Waals surface area contributed by atoms with Crippen molar-refractivity contribution in [3.05, 3.63) is 29.8 Å². The van der Waals surface area contributed by atoms with Crippen LogP contribution in [-0.4, -0.2) is 19.6 Å². The Hall–Kier alpha value is -1.30. The van der Waals surface area contributed by atoms with Crippen LogP contribution in [0.2, 0.25) is 0 Å². The van der Waals surface area contributed by atoms with Gasteiger partial charge in [0.05, 0.1) is 6.04 Å². The molecule has 96 valence electrons. The van der Waals surface area contributed by atoms with Gasteiger partial charge in [0.15, 0.2) is 0 Å². The van der Waals surface area contributed by atoms with E-state index in [-0.39, 0.29) is 5.75 Å². The highest BCUT2D eigenvalue weighted by atomic mass is 19.3. The first-order valence-electron chi connectivity index (χ1n) is 5.11. The summed E-state index contributed by atoms with van der Waals surface area (Å²) in [7, 11) is 0. The van der Waals surface area contributed by atoms with Crippen molar-refractivity contribution in [3.63, 3.8) is 0 Å². The van der Waals surface area contributed by atoms with E-state index in [4.69, 9.17) is 0 Å². The van der Waals surface area contributed by atoms with Gasteiger partial charge >= 0.3 is 6.61 Å². The lowest BCUT2D eigenvalue weighted by molar-refractivity contribution is -0.0498. The van der Waals surface area contributed by atoms with E-state index in [2.05, 4.69) is 10.1 Å². The molecule has 1 rings (SSSR count). The van der Waals surface area contributed by atoms with Gasteiger partial charge < -0.3 is 10.1 Å². The maximum Gasteiger partial charge on any atom is 0.387 e. The average molecular weight is 251 g/mol. The average Bonchev–Trinajstić information content (AvgIpc) is 2.26. The summed E-state index contributed by atoms with van der Waals surface area (Å²) >= 11 is 0. The zero-order valence-electron chi connectivity index (χ0n) is 9.17. The third-order valence-corrected chi connectivity index (χ3v) is 2.14. The van der Waals surface area contributed by atoms with Gasteiger partial charge in [-0.05, 0) is 24.2 Å². The molecule has 2 nitrogen and oxygen atoms in total. The van der Waals surface area contributed by atoms with E-state index < -0.39 is 19.1 Å². The predicted molar refractivity (Wildman–Crippen MR) is 55.5 cm³/mol. The molecule has 0 bridgehead atoms. The van der Waals surface area contributed by atoms with Crippen molar-refractivity contribution in [2.75, 3.05) is 6.54 Å². The van der Waals surface area contributed by atoms with Crippen LogP contribution in [0.1, 0.15) is 18.5 Å². The molecule has 0 saturated carbocycles. The summed E-state index contributed by atoms with van der Waals surface area (Å²) in [6.07, 6.45) is -2.56. The van der Waals surface area contributed by atoms with Gasteiger partial charge in [0.25, 0.3) is 6.43 Å². The Kier molecular flexibility index (Phi) is 5.21. The largest absolute Gasteiger partial charge is 0.435 e. The zero-order chi connectivity index (χ0) is 12.8. The van der Waals surface area contributed by atoms with E-state index in [1.165, 1.54) is 24.3 Å². The molecule has 0 amide bonds. The summed E-state index contributed by atoms with van der Waals surface area (Å²) in [5, 5.41) is 2.62. The second-order valence-corrected chi connectivity index (χ2v) is 3.32. The van der Waals surface area contributed by atoms with E-state index in [9.17, 15) is 17.6 Å². The second-order valence-electron chi connectivity index (χ2n) is 3.32. The number of ether oxygens (including phenoxy) is 1. The van der Waals surface area contributed by atoms with Crippen molar-refractivity contribution in [2.45, 2.75) is 26.0 Å². The Balaban J connectivity index is 2.77. The smallest absolute Gasteiger partial charge is 0.387 e. The second kappa shape index (κ2) is 6.44. The van der Waals surface area contributed by atoms with Crippen molar-refractivity contribution in [1.29, 1.82) is 0 Å². The third kappa shape index (κ3) is 4.22. The van der Waals surface area contributed by atoms with Crippen LogP contribution in [0.3, 0.4) is 0 Å². The highest BCUT2D eigenvalue weighted by Crippen LogP contribution is 2.23. The minimum atomic E-state index is -2.92. The highest BCUT2D eigenvalue weighted by Gasteiger charge is 2.21. The first kappa shape index (κ1) is 13.8. The molecule has 0 aliphatic rings. The summed E-state index contributed by atoms with van der Waals surface area (Å²) in [5.74, 6) is -0.0479. The molecule has 1 N–H and O–H groups in total. The highest BCUT2D eigenvalue weighted by molar-refractivity contribution is 5.29. The third-order valence-electron chi connectivity index (χ3n) is 2.14. The summed E-state index contributed by atoms with van der Waals surface area (Å²) in [4.78, 5) is 0. The molecular formula is C11H13F4NO. The van der Waals surface area contributed by atoms with E-state index >= 15 is 0 Å². The van der Waals surface area contributed by atoms with Gasteiger partial charge in [-0.3, -0.25) is 0 Å². The zero-order valence-corrected chi connectivity index (χ0v) is 9.17. The van der Waals surface area contributed by atoms with E-state index in [0.717, 1.165) is 0 Å². The number of rotatable bonds is 6. The van der Waals surface area contributed by atoms with Crippen LogP contribution in [0, 0.1) is 0 Å². The first-order chi connectivity index (χ1) is 8.04. The van der Waals surface area contributed by atoms with Crippen LogP contribution >= 0.6 is 0 Å². The number of halogens is 4. The van der Waals surface area contributed by atoms with Crippen molar-refractivity contribution in [1.82, 2.24) is 5.32 Å². The fourth-order valence-electron chi connectivity index (χ4n) is 1.43. The maximum absolute atomic E-state index is 12.7. The van der Waals surface area contributed by atoms with Crippen LogP contribution in [-0.2, 0) is 0 Å². The monoisotopic (exact) mass is 251 g/mol. The lowest BCUT2D eigenvalue weighted by Crippen LogP contribution is -2.26. The summed E-state index contributed by atoms with van der Waals surface area (Å²) in [6.45, 7) is -0.811. The van der Waals surface area contributed by atoms with Crippen molar-refractivity contribution >= 4 is 0 Å². The van der Waals surface area contributed by atoms with Crippen molar-refractivity contribution in [2.24, 2.45) is 0 Å². The minimum absolute atomic E-state index is 0.0479. The van der Waals surface area contributed by atoms with Crippen molar-refractivity contribution < 1.29 is 22.3 Å². The topological polar surface area (TPSA) is 21.3 Å². The standard InChI is InChI=1S/C11H13F4NO/c1-2-16-9(10(12)13)7-3-5-8(6-4-7)17-11(14)15/h3-6,9-11,16H,2H2,1H3. The Bertz CT molecular complexity index is 329. The van der Waals surface area contributed by atoms with Crippen LogP contribution in [0.25, 0.3) is 0 Å². The molecule has 0 heterocycles. The van der Waals surface area contributed by atoms with Crippen LogP contribution < -0.4 is 10.1 Å². The molecule has 6 heteroatoms. The van der Waals surface area contributed by atoms with E-state index in [1.807, 2.05) is 0 Å². The summed E-state index contributed by atoms with van der Waals surface area (Å²) < 4.78 is 53.2. The number of benzene rings is 1. The molecule has 1 aromatic rings. The molecule has 0 aromatic heterocycles. The molecule has 0 spiro atoms. The Morgan fingerprint density at radius 2 is 1.71 bits per heavy atom. The first-order valence-corrected chi connectivity index (χ1v) is 5.11. The number of hydrogen-bond donors (Lipinski definition) is 1. The maximum atomic E-state index is 12.7. The van der Waals surface area contributed by atoms with Crippen LogP contribution in [0.4, 0.5) is 17.6 Å². The van der Waals surface area contributed by atoms with E-state index in [0.29, 0.717) is 12.1 Å². The molecule has 0 radical (unpaired) electrons. The molecule has 1 aromatic carbocycles. The van der Waals surface area contributed by atoms with Gasteiger partial charge in [0, 0.05) is 0 Å². The predicted octanol–water partition coefficient (Wildman–Crippen LogP) is 3.20. The van der Waals surface area contributed by atoms with Gasteiger partial charge in [0.2, 0.25) is 0 Å². The molecule has 0 aliphatic carbocycles. The quantitative estimate of drug-likeness (QED) is 0.784. The number of nitrogens with one attached hydrogen (secondary N) is 1. The number of alkyl halides is 4. The minimum Gasteiger partial charge on any atom is -0.435 e. The lowest BCUT2D eigenvalue weighted by atomic mass is 10.1. The van der Waals surface area contributed by atoms with Gasteiger partial charge in [-0.2, -0.15) is 8.78 Å². The van der Waals surface area contributed by atoms with Gasteiger partial charge in [-0.15, -0.1) is 0 Å². The molecule has 0 saturated heterocycles. The lowest BCUT2D eigenvalue weighted by Gasteiger charge is -2.17. The molecule has 1 atom stereocenters. The SMILES string of the molecule is CCNC(c1ccc(OC(F)F)cc1)C(F)F. The Labute approximate surface area is 96.6 Å². The normalized spacial score (nSPS) is 13.1. The molecule has 0 aliphatic heterocycles. The summed E-state index contributed by atoms with van der Waals surface area (Å²) in [6, 6.07) is 4.08. The molecule has 17 heavy (non-hydrogen) atoms. The molecular weight excluding hydrogens is 238 g/mol. The fraction of sp³-hybridized carbons (Fsp3) is 0.455. The van der Waals surface area contributed by atoms with Crippen LogP contribution in [0.15, 0.2) is 24.3 Å². The molecule has 1 unspecified atom stereocenters.